The number of hydrogen-bond donors (Lipinski definition) is 2. The van der Waals surface area contributed by atoms with E-state index in [1.54, 1.807) is 13.3 Å². The minimum absolute atomic E-state index is 0.0902. The normalized spacial score (nSPS) is 19.9. The predicted octanol–water partition coefficient (Wildman–Crippen LogP) is 2.70. The molecule has 146 valence electrons. The van der Waals surface area contributed by atoms with Crippen molar-refractivity contribution in [2.75, 3.05) is 7.11 Å². The number of benzene rings is 1. The average molecular weight is 371 g/mol. The van der Waals surface area contributed by atoms with E-state index in [9.17, 15) is 4.79 Å². The SMILES string of the molecule is COc1ccccc1CNC1CCC(n2cc(C(=O)NC(C)C)nn2)CC1. The summed E-state index contributed by atoms with van der Waals surface area (Å²) in [6.07, 6.45) is 5.97. The quantitative estimate of drug-likeness (QED) is 0.782. The first-order valence-electron chi connectivity index (χ1n) is 9.64. The molecule has 1 aliphatic carbocycles. The zero-order chi connectivity index (χ0) is 19.2. The number of ether oxygens (including phenoxy) is 1. The third kappa shape index (κ3) is 5.07. The maximum Gasteiger partial charge on any atom is 0.273 e. The van der Waals surface area contributed by atoms with Crippen molar-refractivity contribution >= 4 is 5.91 Å². The molecule has 1 saturated carbocycles. The summed E-state index contributed by atoms with van der Waals surface area (Å²) in [5.41, 5.74) is 1.57. The summed E-state index contributed by atoms with van der Waals surface area (Å²) in [5.74, 6) is 0.761. The summed E-state index contributed by atoms with van der Waals surface area (Å²) in [5, 5.41) is 14.7. The summed E-state index contributed by atoms with van der Waals surface area (Å²) < 4.78 is 7.27. The molecule has 2 aromatic rings. The van der Waals surface area contributed by atoms with Crippen molar-refractivity contribution in [1.29, 1.82) is 0 Å². The van der Waals surface area contributed by atoms with E-state index in [1.165, 1.54) is 5.56 Å². The monoisotopic (exact) mass is 371 g/mol. The van der Waals surface area contributed by atoms with Crippen LogP contribution in [0.5, 0.6) is 5.75 Å². The molecule has 1 aromatic heterocycles. The van der Waals surface area contributed by atoms with Crippen molar-refractivity contribution in [3.05, 3.63) is 41.7 Å². The number of carbonyl (C=O) groups is 1. The number of methoxy groups -OCH3 is 1. The average Bonchev–Trinajstić information content (AvgIpc) is 3.17. The number of hydrogen-bond acceptors (Lipinski definition) is 5. The highest BCUT2D eigenvalue weighted by atomic mass is 16.5. The number of carbonyl (C=O) groups excluding carboxylic acids is 1. The van der Waals surface area contributed by atoms with E-state index in [1.807, 2.05) is 36.7 Å². The first-order valence-corrected chi connectivity index (χ1v) is 9.64. The minimum Gasteiger partial charge on any atom is -0.496 e. The van der Waals surface area contributed by atoms with Crippen LogP contribution in [0.15, 0.2) is 30.5 Å². The lowest BCUT2D eigenvalue weighted by Crippen LogP contribution is -2.33. The van der Waals surface area contributed by atoms with Crippen molar-refractivity contribution in [1.82, 2.24) is 25.6 Å². The molecule has 0 atom stereocenters. The Bertz CT molecular complexity index is 750. The second-order valence-electron chi connectivity index (χ2n) is 7.41. The summed E-state index contributed by atoms with van der Waals surface area (Å²) >= 11 is 0. The fourth-order valence-electron chi connectivity index (χ4n) is 3.54. The number of nitrogens with zero attached hydrogens (tertiary/aromatic N) is 3. The third-order valence-corrected chi connectivity index (χ3v) is 5.01. The molecule has 0 spiro atoms. The van der Waals surface area contributed by atoms with Gasteiger partial charge in [0, 0.05) is 24.2 Å². The lowest BCUT2D eigenvalue weighted by atomic mass is 9.91. The Balaban J connectivity index is 1.49. The standard InChI is InChI=1S/C20H29N5O2/c1-14(2)22-20(26)18-13-25(24-23-18)17-10-8-16(9-11-17)21-12-15-6-4-5-7-19(15)27-3/h4-7,13-14,16-17,21H,8-12H2,1-3H3,(H,22,26). The van der Waals surface area contributed by atoms with Gasteiger partial charge in [0.15, 0.2) is 5.69 Å². The third-order valence-electron chi connectivity index (χ3n) is 5.01. The molecular weight excluding hydrogens is 342 g/mol. The molecule has 27 heavy (non-hydrogen) atoms. The predicted molar refractivity (Wildman–Crippen MR) is 104 cm³/mol. The van der Waals surface area contributed by atoms with Crippen molar-refractivity contribution in [2.45, 2.75) is 64.2 Å². The van der Waals surface area contributed by atoms with E-state index in [-0.39, 0.29) is 11.9 Å². The van der Waals surface area contributed by atoms with Crippen LogP contribution in [0.3, 0.4) is 0 Å². The Kier molecular flexibility index (Phi) is 6.45. The molecule has 1 aliphatic rings. The molecule has 1 aromatic carbocycles. The fourth-order valence-corrected chi connectivity index (χ4v) is 3.54. The number of para-hydroxylation sites is 1. The van der Waals surface area contributed by atoms with Crippen LogP contribution in [0, 0.1) is 0 Å². The van der Waals surface area contributed by atoms with Crippen molar-refractivity contribution in [3.63, 3.8) is 0 Å². The maximum atomic E-state index is 12.0. The van der Waals surface area contributed by atoms with Crippen molar-refractivity contribution < 1.29 is 9.53 Å². The lowest BCUT2D eigenvalue weighted by molar-refractivity contribution is 0.0938. The molecule has 0 saturated heterocycles. The van der Waals surface area contributed by atoms with Crippen LogP contribution in [0.2, 0.25) is 0 Å². The van der Waals surface area contributed by atoms with Gasteiger partial charge in [0.05, 0.1) is 19.3 Å². The lowest BCUT2D eigenvalue weighted by Gasteiger charge is -2.29. The van der Waals surface area contributed by atoms with Gasteiger partial charge in [0.25, 0.3) is 5.91 Å². The Labute approximate surface area is 160 Å². The van der Waals surface area contributed by atoms with E-state index >= 15 is 0 Å². The van der Waals surface area contributed by atoms with Crippen LogP contribution in [0.25, 0.3) is 0 Å². The van der Waals surface area contributed by atoms with Gasteiger partial charge in [-0.05, 0) is 45.6 Å². The Morgan fingerprint density at radius 3 is 2.70 bits per heavy atom. The Morgan fingerprint density at radius 2 is 2.00 bits per heavy atom. The maximum absolute atomic E-state index is 12.0. The Hall–Kier alpha value is -2.41. The van der Waals surface area contributed by atoms with Crippen molar-refractivity contribution in [3.8, 4) is 5.75 Å². The summed E-state index contributed by atoms with van der Waals surface area (Å²) in [6.45, 7) is 4.67. The number of rotatable bonds is 7. The van der Waals surface area contributed by atoms with Gasteiger partial charge in [-0.1, -0.05) is 23.4 Å². The van der Waals surface area contributed by atoms with E-state index in [4.69, 9.17) is 4.74 Å². The molecule has 0 radical (unpaired) electrons. The van der Waals surface area contributed by atoms with E-state index in [0.717, 1.165) is 38.0 Å². The molecule has 1 heterocycles. The minimum atomic E-state index is -0.164. The van der Waals surface area contributed by atoms with Crippen LogP contribution >= 0.6 is 0 Å². The second-order valence-corrected chi connectivity index (χ2v) is 7.41. The smallest absolute Gasteiger partial charge is 0.273 e. The summed E-state index contributed by atoms with van der Waals surface area (Å²) in [7, 11) is 1.71. The van der Waals surface area contributed by atoms with Gasteiger partial charge in [-0.2, -0.15) is 0 Å². The first kappa shape index (κ1) is 19.4. The molecule has 3 rings (SSSR count). The zero-order valence-corrected chi connectivity index (χ0v) is 16.3. The molecule has 7 heteroatoms. The van der Waals surface area contributed by atoms with Crippen LogP contribution < -0.4 is 15.4 Å². The van der Waals surface area contributed by atoms with Crippen LogP contribution in [-0.2, 0) is 6.54 Å². The molecule has 0 bridgehead atoms. The number of nitrogens with one attached hydrogen (secondary N) is 2. The topological polar surface area (TPSA) is 81.1 Å². The van der Waals surface area contributed by atoms with Crippen LogP contribution in [0.4, 0.5) is 0 Å². The highest BCUT2D eigenvalue weighted by Crippen LogP contribution is 2.28. The van der Waals surface area contributed by atoms with E-state index < -0.39 is 0 Å². The van der Waals surface area contributed by atoms with E-state index in [0.29, 0.717) is 17.8 Å². The van der Waals surface area contributed by atoms with E-state index in [2.05, 4.69) is 27.0 Å². The zero-order valence-electron chi connectivity index (χ0n) is 16.3. The van der Waals surface area contributed by atoms with Crippen LogP contribution in [-0.4, -0.2) is 40.1 Å². The highest BCUT2D eigenvalue weighted by Gasteiger charge is 2.24. The van der Waals surface area contributed by atoms with Crippen LogP contribution in [0.1, 0.15) is 61.6 Å². The molecule has 7 nitrogen and oxygen atoms in total. The molecule has 1 fully saturated rings. The summed E-state index contributed by atoms with van der Waals surface area (Å²) in [4.78, 5) is 12.0. The van der Waals surface area contributed by atoms with Gasteiger partial charge in [0.1, 0.15) is 5.75 Å². The van der Waals surface area contributed by atoms with Gasteiger partial charge < -0.3 is 15.4 Å². The second kappa shape index (κ2) is 8.99. The van der Waals surface area contributed by atoms with Gasteiger partial charge in [-0.3, -0.25) is 4.79 Å². The van der Waals surface area contributed by atoms with Gasteiger partial charge >= 0.3 is 0 Å². The Morgan fingerprint density at radius 1 is 1.26 bits per heavy atom. The highest BCUT2D eigenvalue weighted by molar-refractivity contribution is 5.91. The van der Waals surface area contributed by atoms with Gasteiger partial charge in [0.2, 0.25) is 0 Å². The number of amides is 1. The largest absolute Gasteiger partial charge is 0.496 e. The number of aromatic nitrogens is 3. The molecule has 0 aliphatic heterocycles. The first-order chi connectivity index (χ1) is 13.1. The summed E-state index contributed by atoms with van der Waals surface area (Å²) in [6, 6.07) is 8.99. The van der Waals surface area contributed by atoms with Crippen molar-refractivity contribution in [2.24, 2.45) is 0 Å². The molecule has 0 unspecified atom stereocenters. The van der Waals surface area contributed by atoms with Gasteiger partial charge in [-0.15, -0.1) is 5.10 Å². The van der Waals surface area contributed by atoms with Gasteiger partial charge in [-0.25, -0.2) is 4.68 Å². The molecule has 2 N–H and O–H groups in total. The fraction of sp³-hybridized carbons (Fsp3) is 0.550. The molecule has 1 amide bonds. The molecular formula is C20H29N5O2.